The van der Waals surface area contributed by atoms with Crippen molar-refractivity contribution < 1.29 is 27.1 Å². The van der Waals surface area contributed by atoms with Crippen molar-refractivity contribution in [2.75, 3.05) is 5.32 Å². The van der Waals surface area contributed by atoms with Gasteiger partial charge in [-0.3, -0.25) is 4.79 Å². The Labute approximate surface area is 173 Å². The first-order chi connectivity index (χ1) is 14.2. The molecule has 1 aromatic heterocycles. The molecular formula is C21H12ClF3N2O3. The number of nitriles is 1. The molecule has 1 N–H and O–H groups in total. The molecule has 0 aliphatic heterocycles. The van der Waals surface area contributed by atoms with Crippen LogP contribution in [0.25, 0.3) is 17.4 Å². The van der Waals surface area contributed by atoms with E-state index in [1.54, 1.807) is 42.5 Å². The van der Waals surface area contributed by atoms with E-state index in [0.29, 0.717) is 10.8 Å². The number of carbonyl (C=O) groups excluding carboxylic acids is 1. The summed E-state index contributed by atoms with van der Waals surface area (Å²) in [5.74, 6) is -0.371. The van der Waals surface area contributed by atoms with Gasteiger partial charge in [-0.25, -0.2) is 0 Å². The molecule has 0 fully saturated rings. The van der Waals surface area contributed by atoms with Gasteiger partial charge in [-0.05, 0) is 60.7 Å². The lowest BCUT2D eigenvalue weighted by atomic mass is 10.2. The van der Waals surface area contributed by atoms with Crippen LogP contribution in [0.4, 0.5) is 18.9 Å². The van der Waals surface area contributed by atoms with E-state index in [2.05, 4.69) is 10.1 Å². The third-order valence-corrected chi connectivity index (χ3v) is 4.00. The minimum atomic E-state index is -4.81. The van der Waals surface area contributed by atoms with Crippen molar-refractivity contribution in [1.29, 1.82) is 5.26 Å². The van der Waals surface area contributed by atoms with Gasteiger partial charge in [0.1, 0.15) is 28.9 Å². The van der Waals surface area contributed by atoms with Crippen molar-refractivity contribution in [1.82, 2.24) is 0 Å². The van der Waals surface area contributed by atoms with Gasteiger partial charge in [-0.2, -0.15) is 5.26 Å². The number of carbonyl (C=O) groups is 1. The maximum atomic E-state index is 12.3. The summed E-state index contributed by atoms with van der Waals surface area (Å²) in [5.41, 5.74) is 0.711. The zero-order valence-corrected chi connectivity index (χ0v) is 15.8. The average Bonchev–Trinajstić information content (AvgIpc) is 3.15. The number of benzene rings is 2. The van der Waals surface area contributed by atoms with Gasteiger partial charge < -0.3 is 14.5 Å². The maximum Gasteiger partial charge on any atom is 0.573 e. The van der Waals surface area contributed by atoms with Gasteiger partial charge >= 0.3 is 6.36 Å². The van der Waals surface area contributed by atoms with Crippen LogP contribution in [0.5, 0.6) is 5.75 Å². The van der Waals surface area contributed by atoms with E-state index in [1.165, 1.54) is 18.2 Å². The summed E-state index contributed by atoms with van der Waals surface area (Å²) in [6, 6.07) is 16.5. The van der Waals surface area contributed by atoms with Crippen molar-refractivity contribution in [2.45, 2.75) is 6.36 Å². The second-order valence-corrected chi connectivity index (χ2v) is 6.34. The van der Waals surface area contributed by atoms with E-state index in [-0.39, 0.29) is 17.0 Å². The fourth-order valence-electron chi connectivity index (χ4n) is 2.43. The molecular weight excluding hydrogens is 421 g/mol. The smallest absolute Gasteiger partial charge is 0.457 e. The van der Waals surface area contributed by atoms with E-state index in [1.807, 2.05) is 0 Å². The minimum Gasteiger partial charge on any atom is -0.457 e. The standard InChI is InChI=1S/C21H12ClF3N2O3/c22-15-3-1-13(2-4-15)19-10-9-18(29-19)11-14(12-26)20(28)27-16-5-7-17(8-6-16)30-21(23,24)25/h1-11H,(H,27,28)/b14-11+. The Morgan fingerprint density at radius 1 is 1.07 bits per heavy atom. The lowest BCUT2D eigenvalue weighted by Crippen LogP contribution is -2.17. The van der Waals surface area contributed by atoms with Crippen LogP contribution in [0.15, 0.2) is 70.7 Å². The molecule has 0 spiro atoms. The molecule has 5 nitrogen and oxygen atoms in total. The van der Waals surface area contributed by atoms with Crippen LogP contribution < -0.4 is 10.1 Å². The summed E-state index contributed by atoms with van der Waals surface area (Å²) in [6.07, 6.45) is -3.55. The molecule has 0 aliphatic carbocycles. The molecule has 152 valence electrons. The number of alkyl halides is 3. The zero-order chi connectivity index (χ0) is 21.7. The highest BCUT2D eigenvalue weighted by molar-refractivity contribution is 6.30. The van der Waals surface area contributed by atoms with Gasteiger partial charge in [-0.1, -0.05) is 11.6 Å². The Balaban J connectivity index is 1.71. The van der Waals surface area contributed by atoms with Crippen LogP contribution in [0.2, 0.25) is 5.02 Å². The summed E-state index contributed by atoms with van der Waals surface area (Å²) >= 11 is 5.85. The fourth-order valence-corrected chi connectivity index (χ4v) is 2.55. The molecule has 0 saturated carbocycles. The van der Waals surface area contributed by atoms with E-state index in [0.717, 1.165) is 17.7 Å². The lowest BCUT2D eigenvalue weighted by Gasteiger charge is -2.09. The zero-order valence-electron chi connectivity index (χ0n) is 15.0. The van der Waals surface area contributed by atoms with Crippen molar-refractivity contribution in [3.63, 3.8) is 0 Å². The van der Waals surface area contributed by atoms with Crippen LogP contribution in [0.3, 0.4) is 0 Å². The first-order valence-electron chi connectivity index (χ1n) is 8.38. The first-order valence-corrected chi connectivity index (χ1v) is 8.76. The lowest BCUT2D eigenvalue weighted by molar-refractivity contribution is -0.274. The molecule has 0 aliphatic rings. The highest BCUT2D eigenvalue weighted by Gasteiger charge is 2.31. The molecule has 3 aromatic rings. The quantitative estimate of drug-likeness (QED) is 0.393. The van der Waals surface area contributed by atoms with Crippen LogP contribution >= 0.6 is 11.6 Å². The minimum absolute atomic E-state index is 0.192. The predicted molar refractivity (Wildman–Crippen MR) is 104 cm³/mol. The summed E-state index contributed by atoms with van der Waals surface area (Å²) < 4.78 is 46.0. The summed E-state index contributed by atoms with van der Waals surface area (Å²) in [6.45, 7) is 0. The molecule has 1 amide bonds. The SMILES string of the molecule is N#C/C(=C\c1ccc(-c2ccc(Cl)cc2)o1)C(=O)Nc1ccc(OC(F)(F)F)cc1. The largest absolute Gasteiger partial charge is 0.573 e. The Bertz CT molecular complexity index is 1110. The summed E-state index contributed by atoms with van der Waals surface area (Å²) in [4.78, 5) is 12.3. The number of halogens is 4. The monoisotopic (exact) mass is 432 g/mol. The second-order valence-electron chi connectivity index (χ2n) is 5.91. The number of rotatable bonds is 5. The van der Waals surface area contributed by atoms with Gasteiger partial charge in [0.25, 0.3) is 5.91 Å². The molecule has 0 bridgehead atoms. The summed E-state index contributed by atoms with van der Waals surface area (Å²) in [5, 5.41) is 12.3. The number of ether oxygens (including phenoxy) is 1. The Morgan fingerprint density at radius 3 is 2.33 bits per heavy atom. The Kier molecular flexibility index (Phi) is 6.14. The molecule has 0 radical (unpaired) electrons. The van der Waals surface area contributed by atoms with Gasteiger partial charge in [0.2, 0.25) is 0 Å². The van der Waals surface area contributed by atoms with E-state index >= 15 is 0 Å². The maximum absolute atomic E-state index is 12.3. The number of amides is 1. The number of furan rings is 1. The Morgan fingerprint density at radius 2 is 1.73 bits per heavy atom. The van der Waals surface area contributed by atoms with Gasteiger partial charge in [0.15, 0.2) is 0 Å². The average molecular weight is 433 g/mol. The van der Waals surface area contributed by atoms with Crippen LogP contribution in [0.1, 0.15) is 5.76 Å². The topological polar surface area (TPSA) is 75.3 Å². The number of nitrogens with one attached hydrogen (secondary N) is 1. The molecule has 30 heavy (non-hydrogen) atoms. The highest BCUT2D eigenvalue weighted by Crippen LogP contribution is 2.26. The molecule has 3 rings (SSSR count). The second kappa shape index (κ2) is 8.76. The molecule has 0 unspecified atom stereocenters. The van der Waals surface area contributed by atoms with Crippen molar-refractivity contribution >= 4 is 29.3 Å². The van der Waals surface area contributed by atoms with Gasteiger partial charge in [0, 0.05) is 22.3 Å². The third-order valence-electron chi connectivity index (χ3n) is 3.75. The van der Waals surface area contributed by atoms with Crippen molar-refractivity contribution in [3.05, 3.63) is 77.0 Å². The normalized spacial score (nSPS) is 11.6. The number of hydrogen-bond donors (Lipinski definition) is 1. The van der Waals surface area contributed by atoms with E-state index in [4.69, 9.17) is 16.0 Å². The number of anilines is 1. The van der Waals surface area contributed by atoms with Gasteiger partial charge in [0.05, 0.1) is 0 Å². The van der Waals surface area contributed by atoms with Crippen LogP contribution in [-0.4, -0.2) is 12.3 Å². The van der Waals surface area contributed by atoms with Gasteiger partial charge in [-0.15, -0.1) is 13.2 Å². The van der Waals surface area contributed by atoms with Crippen molar-refractivity contribution in [3.8, 4) is 23.1 Å². The molecule has 1 heterocycles. The van der Waals surface area contributed by atoms with Crippen LogP contribution in [0, 0.1) is 11.3 Å². The number of nitrogens with zero attached hydrogens (tertiary/aromatic N) is 1. The fraction of sp³-hybridized carbons (Fsp3) is 0.0476. The molecule has 0 atom stereocenters. The highest BCUT2D eigenvalue weighted by atomic mass is 35.5. The van der Waals surface area contributed by atoms with Crippen LogP contribution in [-0.2, 0) is 4.79 Å². The first kappa shape index (κ1) is 21.0. The third kappa shape index (κ3) is 5.65. The molecule has 9 heteroatoms. The summed E-state index contributed by atoms with van der Waals surface area (Å²) in [7, 11) is 0. The number of hydrogen-bond acceptors (Lipinski definition) is 4. The Hall–Kier alpha value is -3.70. The van der Waals surface area contributed by atoms with E-state index in [9.17, 15) is 23.2 Å². The molecule has 2 aromatic carbocycles. The van der Waals surface area contributed by atoms with E-state index < -0.39 is 18.0 Å². The molecule has 0 saturated heterocycles. The predicted octanol–water partition coefficient (Wildman–Crippen LogP) is 6.04. The van der Waals surface area contributed by atoms with Crippen molar-refractivity contribution in [2.24, 2.45) is 0 Å².